The summed E-state index contributed by atoms with van der Waals surface area (Å²) in [6.07, 6.45) is 3.65. The molecule has 0 saturated heterocycles. The van der Waals surface area contributed by atoms with Gasteiger partial charge in [-0.15, -0.1) is 0 Å². The van der Waals surface area contributed by atoms with Crippen LogP contribution < -0.4 is 10.2 Å². The SMILES string of the molecule is CCNCc1cnc(N(CC)CCOC)cn1. The Labute approximate surface area is 103 Å². The van der Waals surface area contributed by atoms with Gasteiger partial charge in [0.15, 0.2) is 0 Å². The van der Waals surface area contributed by atoms with Crippen LogP contribution in [0.5, 0.6) is 0 Å². The first-order valence-electron chi connectivity index (χ1n) is 6.07. The molecule has 1 heterocycles. The van der Waals surface area contributed by atoms with Crippen molar-refractivity contribution >= 4 is 5.82 Å². The maximum Gasteiger partial charge on any atom is 0.147 e. The molecule has 5 nitrogen and oxygen atoms in total. The summed E-state index contributed by atoms with van der Waals surface area (Å²) in [5, 5.41) is 3.23. The Balaban J connectivity index is 2.57. The van der Waals surface area contributed by atoms with Crippen LogP contribution in [0.15, 0.2) is 12.4 Å². The van der Waals surface area contributed by atoms with Crippen molar-refractivity contribution in [3.8, 4) is 0 Å². The molecule has 0 amide bonds. The van der Waals surface area contributed by atoms with Crippen LogP contribution in [-0.4, -0.2) is 43.3 Å². The number of nitrogens with zero attached hydrogens (tertiary/aromatic N) is 3. The molecule has 96 valence electrons. The van der Waals surface area contributed by atoms with Gasteiger partial charge in [-0.3, -0.25) is 4.98 Å². The highest BCUT2D eigenvalue weighted by Gasteiger charge is 2.05. The maximum atomic E-state index is 5.07. The van der Waals surface area contributed by atoms with Crippen molar-refractivity contribution in [1.29, 1.82) is 0 Å². The fraction of sp³-hybridized carbons (Fsp3) is 0.667. The Morgan fingerprint density at radius 2 is 2.12 bits per heavy atom. The highest BCUT2D eigenvalue weighted by Crippen LogP contribution is 2.08. The van der Waals surface area contributed by atoms with Crippen molar-refractivity contribution in [2.45, 2.75) is 20.4 Å². The molecule has 0 aliphatic rings. The summed E-state index contributed by atoms with van der Waals surface area (Å²) in [5.74, 6) is 0.907. The third kappa shape index (κ3) is 4.66. The number of hydrogen-bond donors (Lipinski definition) is 1. The summed E-state index contributed by atoms with van der Waals surface area (Å²) >= 11 is 0. The number of nitrogens with one attached hydrogen (secondary N) is 1. The number of likely N-dealkylation sites (N-methyl/N-ethyl adjacent to an activating group) is 1. The van der Waals surface area contributed by atoms with E-state index >= 15 is 0 Å². The van der Waals surface area contributed by atoms with Gasteiger partial charge >= 0.3 is 0 Å². The minimum atomic E-state index is 0.703. The quantitative estimate of drug-likeness (QED) is 0.734. The second-order valence-corrected chi connectivity index (χ2v) is 3.72. The molecule has 0 atom stereocenters. The van der Waals surface area contributed by atoms with E-state index in [4.69, 9.17) is 4.74 Å². The lowest BCUT2D eigenvalue weighted by molar-refractivity contribution is 0.205. The topological polar surface area (TPSA) is 50.3 Å². The van der Waals surface area contributed by atoms with Gasteiger partial charge in [-0.1, -0.05) is 6.92 Å². The van der Waals surface area contributed by atoms with E-state index in [9.17, 15) is 0 Å². The molecule has 0 bridgehead atoms. The minimum Gasteiger partial charge on any atom is -0.383 e. The zero-order valence-corrected chi connectivity index (χ0v) is 10.9. The summed E-state index contributed by atoms with van der Waals surface area (Å²) in [4.78, 5) is 11.0. The molecule has 0 aromatic carbocycles. The Morgan fingerprint density at radius 3 is 2.65 bits per heavy atom. The van der Waals surface area contributed by atoms with E-state index < -0.39 is 0 Å². The monoisotopic (exact) mass is 238 g/mol. The molecule has 1 rings (SSSR count). The Bertz CT molecular complexity index is 302. The Morgan fingerprint density at radius 1 is 1.29 bits per heavy atom. The second-order valence-electron chi connectivity index (χ2n) is 3.72. The average molecular weight is 238 g/mol. The predicted molar refractivity (Wildman–Crippen MR) is 69.2 cm³/mol. The van der Waals surface area contributed by atoms with Crippen LogP contribution in [0.3, 0.4) is 0 Å². The zero-order chi connectivity index (χ0) is 12.5. The third-order valence-electron chi connectivity index (χ3n) is 2.52. The van der Waals surface area contributed by atoms with Gasteiger partial charge in [-0.25, -0.2) is 4.98 Å². The molecule has 1 aromatic heterocycles. The maximum absolute atomic E-state index is 5.07. The van der Waals surface area contributed by atoms with Gasteiger partial charge in [0.1, 0.15) is 5.82 Å². The molecule has 0 fully saturated rings. The highest BCUT2D eigenvalue weighted by atomic mass is 16.5. The van der Waals surface area contributed by atoms with Crippen molar-refractivity contribution < 1.29 is 4.74 Å². The molecule has 0 unspecified atom stereocenters. The lowest BCUT2D eigenvalue weighted by Crippen LogP contribution is -2.28. The highest BCUT2D eigenvalue weighted by molar-refractivity contribution is 5.35. The molecule has 1 N–H and O–H groups in total. The lowest BCUT2D eigenvalue weighted by atomic mass is 10.4. The summed E-state index contributed by atoms with van der Waals surface area (Å²) in [6, 6.07) is 0. The Hall–Kier alpha value is -1.20. The first kappa shape index (κ1) is 13.9. The smallest absolute Gasteiger partial charge is 0.147 e. The van der Waals surface area contributed by atoms with E-state index in [-0.39, 0.29) is 0 Å². The summed E-state index contributed by atoms with van der Waals surface area (Å²) in [5.41, 5.74) is 0.971. The van der Waals surface area contributed by atoms with Gasteiger partial charge in [0.2, 0.25) is 0 Å². The van der Waals surface area contributed by atoms with Crippen LogP contribution in [0.4, 0.5) is 5.82 Å². The number of rotatable bonds is 8. The molecule has 0 aliphatic heterocycles. The van der Waals surface area contributed by atoms with Gasteiger partial charge in [0.05, 0.1) is 24.7 Å². The normalized spacial score (nSPS) is 10.5. The van der Waals surface area contributed by atoms with E-state index in [2.05, 4.69) is 34.0 Å². The average Bonchev–Trinajstić information content (AvgIpc) is 2.38. The summed E-state index contributed by atoms with van der Waals surface area (Å²) in [7, 11) is 1.71. The molecule has 1 aromatic rings. The third-order valence-corrected chi connectivity index (χ3v) is 2.52. The molecular formula is C12H22N4O. The van der Waals surface area contributed by atoms with Crippen LogP contribution in [0.1, 0.15) is 19.5 Å². The zero-order valence-electron chi connectivity index (χ0n) is 10.9. The van der Waals surface area contributed by atoms with Crippen LogP contribution >= 0.6 is 0 Å². The number of methoxy groups -OCH3 is 1. The van der Waals surface area contributed by atoms with E-state index in [1.807, 2.05) is 12.4 Å². The van der Waals surface area contributed by atoms with Gasteiger partial charge in [-0.2, -0.15) is 0 Å². The van der Waals surface area contributed by atoms with E-state index in [0.717, 1.165) is 37.7 Å². The van der Waals surface area contributed by atoms with Gasteiger partial charge in [0, 0.05) is 26.7 Å². The van der Waals surface area contributed by atoms with Crippen LogP contribution in [0, 0.1) is 0 Å². The van der Waals surface area contributed by atoms with Crippen molar-refractivity contribution in [2.24, 2.45) is 0 Å². The van der Waals surface area contributed by atoms with Crippen molar-refractivity contribution in [2.75, 3.05) is 38.3 Å². The first-order valence-corrected chi connectivity index (χ1v) is 6.07. The number of anilines is 1. The van der Waals surface area contributed by atoms with Gasteiger partial charge in [0.25, 0.3) is 0 Å². The van der Waals surface area contributed by atoms with Crippen molar-refractivity contribution in [1.82, 2.24) is 15.3 Å². The predicted octanol–water partition coefficient (Wildman–Crippen LogP) is 1.06. The fourth-order valence-corrected chi connectivity index (χ4v) is 1.49. The molecule has 17 heavy (non-hydrogen) atoms. The molecule has 0 radical (unpaired) electrons. The lowest BCUT2D eigenvalue weighted by Gasteiger charge is -2.21. The van der Waals surface area contributed by atoms with E-state index in [1.54, 1.807) is 7.11 Å². The van der Waals surface area contributed by atoms with Crippen molar-refractivity contribution in [3.05, 3.63) is 18.1 Å². The molecular weight excluding hydrogens is 216 g/mol. The minimum absolute atomic E-state index is 0.703. The number of hydrogen-bond acceptors (Lipinski definition) is 5. The summed E-state index contributed by atoms with van der Waals surface area (Å²) < 4.78 is 5.07. The van der Waals surface area contributed by atoms with Gasteiger partial charge in [-0.05, 0) is 13.5 Å². The van der Waals surface area contributed by atoms with Gasteiger partial charge < -0.3 is 15.0 Å². The molecule has 0 saturated carbocycles. The number of ether oxygens (including phenoxy) is 1. The van der Waals surface area contributed by atoms with Crippen LogP contribution in [-0.2, 0) is 11.3 Å². The first-order chi connectivity index (χ1) is 8.31. The van der Waals surface area contributed by atoms with E-state index in [0.29, 0.717) is 6.61 Å². The second kappa shape index (κ2) is 7.97. The molecule has 0 aliphatic carbocycles. The van der Waals surface area contributed by atoms with Crippen LogP contribution in [0.2, 0.25) is 0 Å². The largest absolute Gasteiger partial charge is 0.383 e. The Kier molecular flexibility index (Phi) is 6.50. The standard InChI is InChI=1S/C12H22N4O/c1-4-13-8-11-9-15-12(10-14-11)16(5-2)6-7-17-3/h9-10,13H,4-8H2,1-3H3. The van der Waals surface area contributed by atoms with Crippen LogP contribution in [0.25, 0.3) is 0 Å². The molecule has 0 spiro atoms. The molecule has 5 heteroatoms. The number of aromatic nitrogens is 2. The van der Waals surface area contributed by atoms with Crippen molar-refractivity contribution in [3.63, 3.8) is 0 Å². The fourth-order valence-electron chi connectivity index (χ4n) is 1.49. The van der Waals surface area contributed by atoms with E-state index in [1.165, 1.54) is 0 Å². The summed E-state index contributed by atoms with van der Waals surface area (Å²) in [6.45, 7) is 8.34.